The molecule has 0 aromatic heterocycles. The lowest BCUT2D eigenvalue weighted by atomic mass is 10.1. The highest BCUT2D eigenvalue weighted by Gasteiger charge is 2.17. The van der Waals surface area contributed by atoms with Crippen LogP contribution in [0.4, 0.5) is 0 Å². The van der Waals surface area contributed by atoms with E-state index in [2.05, 4.69) is 35.9 Å². The van der Waals surface area contributed by atoms with Crippen LogP contribution in [0.2, 0.25) is 0 Å². The first-order valence-electron chi connectivity index (χ1n) is 4.19. The van der Waals surface area contributed by atoms with Gasteiger partial charge in [0, 0.05) is 11.1 Å². The molecule has 11 heavy (non-hydrogen) atoms. The van der Waals surface area contributed by atoms with Gasteiger partial charge in [0.2, 0.25) is 0 Å². The van der Waals surface area contributed by atoms with Crippen LogP contribution < -0.4 is 0 Å². The average molecular weight is 219 g/mol. The lowest BCUT2D eigenvalue weighted by Gasteiger charge is -2.08. The first-order valence-corrected chi connectivity index (χ1v) is 4.98. The van der Waals surface area contributed by atoms with E-state index in [0.29, 0.717) is 12.0 Å². The highest BCUT2D eigenvalue weighted by Crippen LogP contribution is 2.25. The van der Waals surface area contributed by atoms with E-state index >= 15 is 0 Å². The van der Waals surface area contributed by atoms with Crippen molar-refractivity contribution in [2.45, 2.75) is 32.8 Å². The van der Waals surface area contributed by atoms with Gasteiger partial charge in [-0.2, -0.15) is 0 Å². The normalized spacial score (nSPS) is 26.5. The average Bonchev–Trinajstić information content (AvgIpc) is 2.35. The Hall–Kier alpha value is 0.180. The van der Waals surface area contributed by atoms with Crippen LogP contribution in [0.5, 0.6) is 0 Å². The lowest BCUT2D eigenvalue weighted by molar-refractivity contribution is 0.143. The van der Waals surface area contributed by atoms with Gasteiger partial charge in [0.25, 0.3) is 0 Å². The molecule has 0 amide bonds. The Balaban J connectivity index is 2.45. The zero-order valence-corrected chi connectivity index (χ0v) is 8.73. The first kappa shape index (κ1) is 9.27. The van der Waals surface area contributed by atoms with E-state index in [1.54, 1.807) is 0 Å². The van der Waals surface area contributed by atoms with Crippen LogP contribution in [0.25, 0.3) is 0 Å². The molecule has 0 aromatic carbocycles. The fraction of sp³-hybridized carbons (Fsp3) is 0.778. The Kier molecular flexibility index (Phi) is 3.60. The summed E-state index contributed by atoms with van der Waals surface area (Å²) in [7, 11) is 0. The van der Waals surface area contributed by atoms with E-state index in [-0.39, 0.29) is 0 Å². The van der Waals surface area contributed by atoms with Crippen molar-refractivity contribution in [1.29, 1.82) is 0 Å². The van der Waals surface area contributed by atoms with Crippen molar-refractivity contribution in [3.8, 4) is 0 Å². The Morgan fingerprint density at radius 2 is 2.36 bits per heavy atom. The molecule has 0 aromatic rings. The largest absolute Gasteiger partial charge is 0.373 e. The van der Waals surface area contributed by atoms with Crippen molar-refractivity contribution < 1.29 is 4.74 Å². The van der Waals surface area contributed by atoms with E-state index in [1.165, 1.54) is 17.3 Å². The van der Waals surface area contributed by atoms with E-state index in [1.807, 2.05) is 0 Å². The number of hydrogen-bond donors (Lipinski definition) is 0. The number of halogens is 1. The minimum atomic E-state index is 0.345. The van der Waals surface area contributed by atoms with Gasteiger partial charge in [-0.25, -0.2) is 0 Å². The molecular weight excluding hydrogens is 204 g/mol. The lowest BCUT2D eigenvalue weighted by Crippen LogP contribution is -2.04. The van der Waals surface area contributed by atoms with Gasteiger partial charge in [0.05, 0.1) is 6.10 Å². The molecule has 0 saturated carbocycles. The molecule has 1 unspecified atom stereocenters. The molecule has 1 saturated heterocycles. The molecule has 64 valence electrons. The van der Waals surface area contributed by atoms with E-state index < -0.39 is 0 Å². The Bertz CT molecular complexity index is 146. The fourth-order valence-corrected chi connectivity index (χ4v) is 2.11. The molecule has 0 spiro atoms. The van der Waals surface area contributed by atoms with Gasteiger partial charge in [-0.3, -0.25) is 0 Å². The van der Waals surface area contributed by atoms with Gasteiger partial charge in [0.1, 0.15) is 0 Å². The van der Waals surface area contributed by atoms with Crippen molar-refractivity contribution in [1.82, 2.24) is 0 Å². The second-order valence-electron chi connectivity index (χ2n) is 3.30. The van der Waals surface area contributed by atoms with Crippen LogP contribution in [0, 0.1) is 5.92 Å². The standard InChI is InChI=1S/C9H15BrO/c1-7(2)6-8(10)9-4-3-5-11-9/h6-7,9H,3-5H2,1-2H3/b8-6+. The van der Waals surface area contributed by atoms with Gasteiger partial charge >= 0.3 is 0 Å². The minimum Gasteiger partial charge on any atom is -0.373 e. The van der Waals surface area contributed by atoms with E-state index in [0.717, 1.165) is 6.61 Å². The molecule has 1 nitrogen and oxygen atoms in total. The number of rotatable bonds is 2. The second-order valence-corrected chi connectivity index (χ2v) is 4.21. The summed E-state index contributed by atoms with van der Waals surface area (Å²) < 4.78 is 6.73. The highest BCUT2D eigenvalue weighted by atomic mass is 79.9. The van der Waals surface area contributed by atoms with Crippen LogP contribution in [-0.2, 0) is 4.74 Å². The Morgan fingerprint density at radius 1 is 1.64 bits per heavy atom. The van der Waals surface area contributed by atoms with E-state index in [9.17, 15) is 0 Å². The van der Waals surface area contributed by atoms with Crippen LogP contribution in [0.3, 0.4) is 0 Å². The summed E-state index contributed by atoms with van der Waals surface area (Å²) in [5.74, 6) is 0.605. The van der Waals surface area contributed by atoms with Crippen molar-refractivity contribution in [2.24, 2.45) is 5.92 Å². The molecule has 0 bridgehead atoms. The van der Waals surface area contributed by atoms with Crippen LogP contribution in [-0.4, -0.2) is 12.7 Å². The third-order valence-corrected chi connectivity index (χ3v) is 2.50. The number of hydrogen-bond acceptors (Lipinski definition) is 1. The predicted molar refractivity (Wildman–Crippen MR) is 50.8 cm³/mol. The molecule has 1 heterocycles. The summed E-state index contributed by atoms with van der Waals surface area (Å²) in [5, 5.41) is 0. The zero-order chi connectivity index (χ0) is 8.27. The summed E-state index contributed by atoms with van der Waals surface area (Å²) >= 11 is 3.54. The monoisotopic (exact) mass is 218 g/mol. The SMILES string of the molecule is CC(C)/C=C(/Br)C1CCCO1. The van der Waals surface area contributed by atoms with Crippen LogP contribution in [0.1, 0.15) is 26.7 Å². The molecule has 0 aliphatic carbocycles. The molecule has 1 fully saturated rings. The predicted octanol–water partition coefficient (Wildman–Crippen LogP) is 3.10. The number of ether oxygens (including phenoxy) is 1. The van der Waals surface area contributed by atoms with E-state index in [4.69, 9.17) is 4.74 Å². The maximum Gasteiger partial charge on any atom is 0.0887 e. The van der Waals surface area contributed by atoms with Crippen molar-refractivity contribution in [2.75, 3.05) is 6.61 Å². The smallest absolute Gasteiger partial charge is 0.0887 e. The highest BCUT2D eigenvalue weighted by molar-refractivity contribution is 9.11. The third-order valence-electron chi connectivity index (χ3n) is 1.73. The van der Waals surface area contributed by atoms with Gasteiger partial charge in [-0.05, 0) is 18.8 Å². The zero-order valence-electron chi connectivity index (χ0n) is 7.14. The van der Waals surface area contributed by atoms with Crippen LogP contribution in [0.15, 0.2) is 10.6 Å². The summed E-state index contributed by atoms with van der Waals surface area (Å²) in [4.78, 5) is 0. The molecule has 2 heteroatoms. The second kappa shape index (κ2) is 4.27. The molecule has 0 N–H and O–H groups in total. The summed E-state index contributed by atoms with van der Waals surface area (Å²) in [5.41, 5.74) is 0. The van der Waals surface area contributed by atoms with Crippen molar-refractivity contribution >= 4 is 15.9 Å². The van der Waals surface area contributed by atoms with Gasteiger partial charge < -0.3 is 4.74 Å². The molecule has 0 radical (unpaired) electrons. The maximum absolute atomic E-state index is 5.50. The van der Waals surface area contributed by atoms with Gasteiger partial charge in [0.15, 0.2) is 0 Å². The Labute approximate surface area is 76.9 Å². The van der Waals surface area contributed by atoms with Crippen molar-refractivity contribution in [3.63, 3.8) is 0 Å². The molecule has 1 aliphatic rings. The fourth-order valence-electron chi connectivity index (χ4n) is 1.22. The Morgan fingerprint density at radius 3 is 2.82 bits per heavy atom. The van der Waals surface area contributed by atoms with Crippen molar-refractivity contribution in [3.05, 3.63) is 10.6 Å². The van der Waals surface area contributed by atoms with Gasteiger partial charge in [-0.1, -0.05) is 35.9 Å². The summed E-state index contributed by atoms with van der Waals surface area (Å²) in [6, 6.07) is 0. The summed E-state index contributed by atoms with van der Waals surface area (Å²) in [6.45, 7) is 5.28. The summed E-state index contributed by atoms with van der Waals surface area (Å²) in [6.07, 6.45) is 4.93. The number of allylic oxidation sites excluding steroid dienone is 1. The van der Waals surface area contributed by atoms with Crippen LogP contribution >= 0.6 is 15.9 Å². The molecular formula is C9H15BrO. The topological polar surface area (TPSA) is 9.23 Å². The quantitative estimate of drug-likeness (QED) is 0.693. The van der Waals surface area contributed by atoms with Gasteiger partial charge in [-0.15, -0.1) is 0 Å². The molecule has 1 aliphatic heterocycles. The minimum absolute atomic E-state index is 0.345. The third kappa shape index (κ3) is 2.96. The molecule has 1 rings (SSSR count). The molecule has 1 atom stereocenters. The first-order chi connectivity index (χ1) is 5.20. The maximum atomic E-state index is 5.50.